The predicted molar refractivity (Wildman–Crippen MR) is 102 cm³/mol. The predicted octanol–water partition coefficient (Wildman–Crippen LogP) is 3.10. The van der Waals surface area contributed by atoms with Crippen molar-refractivity contribution in [1.29, 1.82) is 0 Å². The van der Waals surface area contributed by atoms with Crippen molar-refractivity contribution in [3.05, 3.63) is 52.5 Å². The molecule has 0 aromatic heterocycles. The van der Waals surface area contributed by atoms with Gasteiger partial charge in [0.05, 0.1) is 22.0 Å². The summed E-state index contributed by atoms with van der Waals surface area (Å²) in [6.07, 6.45) is 0.597. The van der Waals surface area contributed by atoms with Crippen molar-refractivity contribution in [2.24, 2.45) is 0 Å². The van der Waals surface area contributed by atoms with E-state index in [1.54, 1.807) is 37.3 Å². The van der Waals surface area contributed by atoms with Crippen molar-refractivity contribution in [2.75, 3.05) is 21.3 Å². The highest BCUT2D eigenvalue weighted by atomic mass is 79.9. The van der Waals surface area contributed by atoms with Crippen LogP contribution in [-0.2, 0) is 20.0 Å². The monoisotopic (exact) mass is 444 g/mol. The lowest BCUT2D eigenvalue weighted by Gasteiger charge is -2.19. The Labute approximate surface area is 156 Å². The van der Waals surface area contributed by atoms with Crippen LogP contribution in [0.25, 0.3) is 0 Å². The van der Waals surface area contributed by atoms with Gasteiger partial charge in [0.1, 0.15) is 0 Å². The van der Waals surface area contributed by atoms with Gasteiger partial charge in [-0.05, 0) is 61.4 Å². The van der Waals surface area contributed by atoms with E-state index in [2.05, 4.69) is 20.7 Å². The zero-order chi connectivity index (χ0) is 18.2. The summed E-state index contributed by atoms with van der Waals surface area (Å²) in [5, 5.41) is 0. The molecule has 0 radical (unpaired) electrons. The molecular weight excluding hydrogens is 428 g/mol. The van der Waals surface area contributed by atoms with Crippen LogP contribution in [0.4, 0.5) is 11.4 Å². The Morgan fingerprint density at radius 3 is 2.36 bits per heavy atom. The molecule has 9 heteroatoms. The normalized spacial score (nSPS) is 16.8. The Balaban J connectivity index is 1.88. The van der Waals surface area contributed by atoms with Crippen LogP contribution in [-0.4, -0.2) is 29.1 Å². The molecule has 1 heterocycles. The van der Waals surface area contributed by atoms with Crippen LogP contribution in [0, 0.1) is 6.92 Å². The van der Waals surface area contributed by atoms with E-state index in [0.29, 0.717) is 29.9 Å². The summed E-state index contributed by atoms with van der Waals surface area (Å²) >= 11 is 3.27. The SMILES string of the molecule is Cc1cc(N2CCCS2(=O)=O)ccc1NS(=O)(=O)c1ccc(Br)cc1. The van der Waals surface area contributed by atoms with Gasteiger partial charge in [-0.2, -0.15) is 0 Å². The van der Waals surface area contributed by atoms with Gasteiger partial charge in [0.15, 0.2) is 0 Å². The molecule has 3 rings (SSSR count). The summed E-state index contributed by atoms with van der Waals surface area (Å²) in [7, 11) is -6.97. The summed E-state index contributed by atoms with van der Waals surface area (Å²) in [4.78, 5) is 0.154. The third kappa shape index (κ3) is 3.83. The highest BCUT2D eigenvalue weighted by Crippen LogP contribution is 2.29. The lowest BCUT2D eigenvalue weighted by Crippen LogP contribution is -2.25. The Hall–Kier alpha value is -1.58. The number of benzene rings is 2. The van der Waals surface area contributed by atoms with Crippen LogP contribution >= 0.6 is 15.9 Å². The second-order valence-corrected chi connectivity index (χ2v) is 10.4. The van der Waals surface area contributed by atoms with Gasteiger partial charge in [-0.25, -0.2) is 16.8 Å². The van der Waals surface area contributed by atoms with E-state index in [4.69, 9.17) is 0 Å². The van der Waals surface area contributed by atoms with Crippen LogP contribution in [0.15, 0.2) is 51.8 Å². The molecule has 2 aromatic carbocycles. The number of hydrogen-bond acceptors (Lipinski definition) is 4. The average molecular weight is 445 g/mol. The summed E-state index contributed by atoms with van der Waals surface area (Å²) in [5.41, 5.74) is 1.63. The van der Waals surface area contributed by atoms with Gasteiger partial charge in [-0.15, -0.1) is 0 Å². The third-order valence-corrected chi connectivity index (χ3v) is 7.75. The molecular formula is C16H17BrN2O4S2. The fraction of sp³-hybridized carbons (Fsp3) is 0.250. The highest BCUT2D eigenvalue weighted by molar-refractivity contribution is 9.10. The lowest BCUT2D eigenvalue weighted by atomic mass is 10.2. The molecule has 1 aliphatic rings. The smallest absolute Gasteiger partial charge is 0.261 e. The Morgan fingerprint density at radius 2 is 1.80 bits per heavy atom. The second kappa shape index (κ2) is 6.62. The molecule has 0 atom stereocenters. The first-order valence-electron chi connectivity index (χ1n) is 7.58. The number of sulfonamides is 2. The Kier molecular flexibility index (Phi) is 4.82. The van der Waals surface area contributed by atoms with Gasteiger partial charge in [0.25, 0.3) is 10.0 Å². The molecule has 6 nitrogen and oxygen atoms in total. The number of aryl methyl sites for hydroxylation is 1. The van der Waals surface area contributed by atoms with E-state index in [0.717, 1.165) is 4.47 Å². The van der Waals surface area contributed by atoms with Gasteiger partial charge in [0.2, 0.25) is 10.0 Å². The minimum absolute atomic E-state index is 0.143. The van der Waals surface area contributed by atoms with Gasteiger partial charge >= 0.3 is 0 Å². The fourth-order valence-electron chi connectivity index (χ4n) is 2.66. The zero-order valence-electron chi connectivity index (χ0n) is 13.4. The fourth-order valence-corrected chi connectivity index (χ4v) is 5.62. The van der Waals surface area contributed by atoms with Crippen LogP contribution in [0.2, 0.25) is 0 Å². The molecule has 0 bridgehead atoms. The molecule has 1 fully saturated rings. The number of nitrogens with one attached hydrogen (secondary N) is 1. The van der Waals surface area contributed by atoms with E-state index in [1.807, 2.05) is 0 Å². The molecule has 2 aromatic rings. The van der Waals surface area contributed by atoms with Crippen molar-refractivity contribution >= 4 is 47.4 Å². The molecule has 25 heavy (non-hydrogen) atoms. The van der Waals surface area contributed by atoms with Gasteiger partial charge < -0.3 is 0 Å². The molecule has 0 saturated carbocycles. The number of halogens is 1. The Bertz CT molecular complexity index is 1000. The topological polar surface area (TPSA) is 83.6 Å². The maximum Gasteiger partial charge on any atom is 0.261 e. The summed E-state index contributed by atoms with van der Waals surface area (Å²) in [5.74, 6) is 0.143. The number of anilines is 2. The van der Waals surface area contributed by atoms with E-state index in [9.17, 15) is 16.8 Å². The van der Waals surface area contributed by atoms with Crippen LogP contribution in [0.3, 0.4) is 0 Å². The van der Waals surface area contributed by atoms with E-state index in [1.165, 1.54) is 16.4 Å². The zero-order valence-corrected chi connectivity index (χ0v) is 16.7. The summed E-state index contributed by atoms with van der Waals surface area (Å²) in [6, 6.07) is 11.2. The van der Waals surface area contributed by atoms with Gasteiger partial charge in [-0.1, -0.05) is 15.9 Å². The van der Waals surface area contributed by atoms with Crippen LogP contribution in [0.1, 0.15) is 12.0 Å². The van der Waals surface area contributed by atoms with Crippen LogP contribution < -0.4 is 9.03 Å². The van der Waals surface area contributed by atoms with Gasteiger partial charge in [0, 0.05) is 11.0 Å². The van der Waals surface area contributed by atoms with Crippen molar-refractivity contribution in [3.8, 4) is 0 Å². The second-order valence-electron chi connectivity index (χ2n) is 5.80. The Morgan fingerprint density at radius 1 is 1.12 bits per heavy atom. The first kappa shape index (κ1) is 18.2. The first-order valence-corrected chi connectivity index (χ1v) is 11.5. The minimum atomic E-state index is -3.71. The van der Waals surface area contributed by atoms with E-state index >= 15 is 0 Å². The van der Waals surface area contributed by atoms with E-state index in [-0.39, 0.29) is 10.6 Å². The lowest BCUT2D eigenvalue weighted by molar-refractivity contribution is 0.598. The maximum atomic E-state index is 12.5. The molecule has 0 amide bonds. The largest absolute Gasteiger partial charge is 0.279 e. The number of hydrogen-bond donors (Lipinski definition) is 1. The minimum Gasteiger partial charge on any atom is -0.279 e. The van der Waals surface area contributed by atoms with Crippen molar-refractivity contribution in [1.82, 2.24) is 0 Å². The van der Waals surface area contributed by atoms with Crippen molar-refractivity contribution in [3.63, 3.8) is 0 Å². The first-order chi connectivity index (χ1) is 11.7. The van der Waals surface area contributed by atoms with Crippen molar-refractivity contribution in [2.45, 2.75) is 18.2 Å². The summed E-state index contributed by atoms with van der Waals surface area (Å²) in [6.45, 7) is 2.19. The van der Waals surface area contributed by atoms with Crippen molar-refractivity contribution < 1.29 is 16.8 Å². The molecule has 1 N–H and O–H groups in total. The maximum absolute atomic E-state index is 12.5. The van der Waals surface area contributed by atoms with Gasteiger partial charge in [-0.3, -0.25) is 9.03 Å². The van der Waals surface area contributed by atoms with E-state index < -0.39 is 20.0 Å². The molecule has 0 spiro atoms. The third-order valence-electron chi connectivity index (χ3n) is 3.97. The molecule has 1 aliphatic heterocycles. The quantitative estimate of drug-likeness (QED) is 0.784. The molecule has 0 unspecified atom stereocenters. The number of nitrogens with zero attached hydrogens (tertiary/aromatic N) is 1. The van der Waals surface area contributed by atoms with Crippen LogP contribution in [0.5, 0.6) is 0 Å². The number of rotatable bonds is 4. The summed E-state index contributed by atoms with van der Waals surface area (Å²) < 4.78 is 53.7. The molecule has 1 saturated heterocycles. The average Bonchev–Trinajstić information content (AvgIpc) is 2.89. The molecule has 0 aliphatic carbocycles. The standard InChI is InChI=1S/C16H17BrN2O4S2/c1-12-11-14(19-9-2-10-24(19,20)21)5-8-16(12)18-25(22,23)15-6-3-13(17)4-7-15/h3-8,11,18H,2,9-10H2,1H3. The molecule has 134 valence electrons. The highest BCUT2D eigenvalue weighted by Gasteiger charge is 2.28.